The number of benzene rings is 1. The van der Waals surface area contributed by atoms with E-state index < -0.39 is 0 Å². The molecule has 1 aromatic carbocycles. The monoisotopic (exact) mass is 261 g/mol. The Bertz CT molecular complexity index is 516. The molecule has 0 aliphatic carbocycles. The van der Waals surface area contributed by atoms with E-state index in [1.807, 2.05) is 50.2 Å². The van der Waals surface area contributed by atoms with Gasteiger partial charge >= 0.3 is 0 Å². The Kier molecular flexibility index (Phi) is 4.24. The summed E-state index contributed by atoms with van der Waals surface area (Å²) in [6.45, 7) is 3.79. The molecule has 0 saturated heterocycles. The summed E-state index contributed by atoms with van der Waals surface area (Å²) in [7, 11) is 0. The highest BCUT2D eigenvalue weighted by Crippen LogP contribution is 2.26. The number of hydrogen-bond acceptors (Lipinski definition) is 4. The molecule has 2 rings (SSSR count). The summed E-state index contributed by atoms with van der Waals surface area (Å²) in [5.74, 6) is 2.26. The summed E-state index contributed by atoms with van der Waals surface area (Å²) in [4.78, 5) is 0. The molecule has 19 heavy (non-hydrogen) atoms. The maximum Gasteiger partial charge on any atom is 0.171 e. The van der Waals surface area contributed by atoms with E-state index in [-0.39, 0.29) is 18.8 Å². The number of aliphatic hydroxyl groups is 1. The highest BCUT2D eigenvalue weighted by atomic mass is 16.5. The van der Waals surface area contributed by atoms with Gasteiger partial charge in [0.05, 0.1) is 6.61 Å². The minimum atomic E-state index is -0.325. The van der Waals surface area contributed by atoms with Crippen LogP contribution in [0.1, 0.15) is 30.1 Å². The standard InChI is InChI=1S/C15H19NO3/c1-10-3-8-14(18-10)15(11(2)16)19-13-6-4-12(9-17)5-7-13/h3-8,11,15,17H,9,16H2,1-2H3. The predicted octanol–water partition coefficient (Wildman–Crippen LogP) is 2.55. The van der Waals surface area contributed by atoms with E-state index in [1.54, 1.807) is 0 Å². The molecule has 0 saturated carbocycles. The van der Waals surface area contributed by atoms with Crippen molar-refractivity contribution < 1.29 is 14.3 Å². The Balaban J connectivity index is 2.16. The quantitative estimate of drug-likeness (QED) is 0.868. The molecule has 0 aliphatic heterocycles. The zero-order valence-corrected chi connectivity index (χ0v) is 11.2. The van der Waals surface area contributed by atoms with E-state index in [2.05, 4.69) is 0 Å². The van der Waals surface area contributed by atoms with Crippen LogP contribution in [0.4, 0.5) is 0 Å². The Morgan fingerprint density at radius 3 is 2.37 bits per heavy atom. The minimum absolute atomic E-state index is 0.0222. The van der Waals surface area contributed by atoms with E-state index in [0.717, 1.165) is 17.1 Å². The molecule has 0 aliphatic rings. The molecule has 2 unspecified atom stereocenters. The van der Waals surface area contributed by atoms with Crippen LogP contribution in [0, 0.1) is 6.92 Å². The van der Waals surface area contributed by atoms with Gasteiger partial charge in [0.25, 0.3) is 0 Å². The third-order valence-electron chi connectivity index (χ3n) is 2.89. The van der Waals surface area contributed by atoms with Crippen LogP contribution in [0.25, 0.3) is 0 Å². The van der Waals surface area contributed by atoms with Crippen molar-refractivity contribution in [3.8, 4) is 5.75 Å². The van der Waals surface area contributed by atoms with Gasteiger partial charge in [-0.2, -0.15) is 0 Å². The van der Waals surface area contributed by atoms with Gasteiger partial charge in [-0.3, -0.25) is 0 Å². The molecule has 1 heterocycles. The third-order valence-corrected chi connectivity index (χ3v) is 2.89. The van der Waals surface area contributed by atoms with E-state index in [9.17, 15) is 0 Å². The van der Waals surface area contributed by atoms with Gasteiger partial charge in [-0.1, -0.05) is 12.1 Å². The number of rotatable bonds is 5. The smallest absolute Gasteiger partial charge is 0.171 e. The van der Waals surface area contributed by atoms with Gasteiger partial charge in [0.2, 0.25) is 0 Å². The van der Waals surface area contributed by atoms with Crippen molar-refractivity contribution in [2.24, 2.45) is 5.73 Å². The van der Waals surface area contributed by atoms with E-state index in [4.69, 9.17) is 20.0 Å². The lowest BCUT2D eigenvalue weighted by Crippen LogP contribution is -2.28. The molecule has 0 spiro atoms. The molecule has 0 fully saturated rings. The first-order chi connectivity index (χ1) is 9.10. The van der Waals surface area contributed by atoms with Gasteiger partial charge < -0.3 is 20.0 Å². The molecule has 0 amide bonds. The molecule has 102 valence electrons. The maximum atomic E-state index is 9.00. The van der Waals surface area contributed by atoms with Crippen LogP contribution in [0.3, 0.4) is 0 Å². The molecule has 1 aromatic heterocycles. The second-order valence-electron chi connectivity index (χ2n) is 4.65. The van der Waals surface area contributed by atoms with Gasteiger partial charge in [-0.15, -0.1) is 0 Å². The molecule has 3 N–H and O–H groups in total. The largest absolute Gasteiger partial charge is 0.481 e. The van der Waals surface area contributed by atoms with Crippen molar-refractivity contribution in [1.29, 1.82) is 0 Å². The first-order valence-electron chi connectivity index (χ1n) is 6.28. The summed E-state index contributed by atoms with van der Waals surface area (Å²) >= 11 is 0. The SMILES string of the molecule is Cc1ccc(C(Oc2ccc(CO)cc2)C(C)N)o1. The molecule has 2 aromatic rings. The topological polar surface area (TPSA) is 68.6 Å². The second-order valence-corrected chi connectivity index (χ2v) is 4.65. The maximum absolute atomic E-state index is 9.00. The van der Waals surface area contributed by atoms with Gasteiger partial charge in [0.15, 0.2) is 6.10 Å². The lowest BCUT2D eigenvalue weighted by atomic mass is 10.1. The first kappa shape index (κ1) is 13.6. The average molecular weight is 261 g/mol. The fourth-order valence-electron chi connectivity index (χ4n) is 1.85. The Labute approximate surface area is 112 Å². The second kappa shape index (κ2) is 5.91. The highest BCUT2D eigenvalue weighted by Gasteiger charge is 2.21. The molecule has 4 nitrogen and oxygen atoms in total. The lowest BCUT2D eigenvalue weighted by molar-refractivity contribution is 0.151. The van der Waals surface area contributed by atoms with Crippen LogP contribution in [-0.4, -0.2) is 11.1 Å². The van der Waals surface area contributed by atoms with Crippen LogP contribution in [0.5, 0.6) is 5.75 Å². The van der Waals surface area contributed by atoms with Crippen molar-refractivity contribution >= 4 is 0 Å². The molecule has 0 bridgehead atoms. The van der Waals surface area contributed by atoms with Crippen LogP contribution < -0.4 is 10.5 Å². The fourth-order valence-corrected chi connectivity index (χ4v) is 1.85. The van der Waals surface area contributed by atoms with Crippen molar-refractivity contribution in [3.05, 3.63) is 53.5 Å². The zero-order chi connectivity index (χ0) is 13.8. The Morgan fingerprint density at radius 2 is 1.89 bits per heavy atom. The molecular weight excluding hydrogens is 242 g/mol. The summed E-state index contributed by atoms with van der Waals surface area (Å²) in [5, 5.41) is 9.00. The number of ether oxygens (including phenoxy) is 1. The van der Waals surface area contributed by atoms with E-state index in [0.29, 0.717) is 5.75 Å². The number of aliphatic hydroxyl groups excluding tert-OH is 1. The van der Waals surface area contributed by atoms with Crippen molar-refractivity contribution in [2.45, 2.75) is 32.6 Å². The van der Waals surface area contributed by atoms with Gasteiger partial charge in [0, 0.05) is 6.04 Å². The van der Waals surface area contributed by atoms with Gasteiger partial charge in [-0.05, 0) is 43.7 Å². The summed E-state index contributed by atoms with van der Waals surface area (Å²) in [6, 6.07) is 10.9. The number of furan rings is 1. The zero-order valence-electron chi connectivity index (χ0n) is 11.2. The molecular formula is C15H19NO3. The van der Waals surface area contributed by atoms with Crippen LogP contribution in [-0.2, 0) is 6.61 Å². The van der Waals surface area contributed by atoms with Crippen molar-refractivity contribution in [3.63, 3.8) is 0 Å². The minimum Gasteiger partial charge on any atom is -0.481 e. The Morgan fingerprint density at radius 1 is 1.21 bits per heavy atom. The van der Waals surface area contributed by atoms with Gasteiger partial charge in [0.1, 0.15) is 17.3 Å². The Hall–Kier alpha value is -1.78. The van der Waals surface area contributed by atoms with Crippen LogP contribution in [0.2, 0.25) is 0 Å². The summed E-state index contributed by atoms with van der Waals surface area (Å²) in [5.41, 5.74) is 6.80. The number of nitrogens with two attached hydrogens (primary N) is 1. The van der Waals surface area contributed by atoms with Crippen molar-refractivity contribution in [1.82, 2.24) is 0 Å². The number of hydrogen-bond donors (Lipinski definition) is 2. The third kappa shape index (κ3) is 3.36. The molecule has 4 heteroatoms. The van der Waals surface area contributed by atoms with E-state index >= 15 is 0 Å². The normalized spacial score (nSPS) is 14.1. The van der Waals surface area contributed by atoms with Crippen LogP contribution in [0.15, 0.2) is 40.8 Å². The predicted molar refractivity (Wildman–Crippen MR) is 72.8 cm³/mol. The van der Waals surface area contributed by atoms with Crippen LogP contribution >= 0.6 is 0 Å². The summed E-state index contributed by atoms with van der Waals surface area (Å²) < 4.78 is 11.5. The molecule has 2 atom stereocenters. The van der Waals surface area contributed by atoms with E-state index in [1.165, 1.54) is 0 Å². The van der Waals surface area contributed by atoms with Crippen molar-refractivity contribution in [2.75, 3.05) is 0 Å². The summed E-state index contributed by atoms with van der Waals surface area (Å²) in [6.07, 6.45) is -0.325. The average Bonchev–Trinajstić information content (AvgIpc) is 2.82. The fraction of sp³-hybridized carbons (Fsp3) is 0.333. The molecule has 0 radical (unpaired) electrons. The van der Waals surface area contributed by atoms with Gasteiger partial charge in [-0.25, -0.2) is 0 Å². The highest BCUT2D eigenvalue weighted by molar-refractivity contribution is 5.27. The first-order valence-corrected chi connectivity index (χ1v) is 6.28. The lowest BCUT2D eigenvalue weighted by Gasteiger charge is -2.20. The number of aryl methyl sites for hydroxylation is 1.